The number of aliphatic imine (C=N–C) groups is 1. The van der Waals surface area contributed by atoms with Crippen LogP contribution in [0.2, 0.25) is 0 Å². The number of aryl methyl sites for hydroxylation is 2. The summed E-state index contributed by atoms with van der Waals surface area (Å²) in [6, 6.07) is 4.10. The van der Waals surface area contributed by atoms with Crippen LogP contribution in [0.25, 0.3) is 0 Å². The lowest BCUT2D eigenvalue weighted by atomic mass is 10.1. The monoisotopic (exact) mass is 203 g/mol. The van der Waals surface area contributed by atoms with Gasteiger partial charge in [-0.3, -0.25) is 4.99 Å². The van der Waals surface area contributed by atoms with Crippen LogP contribution in [0, 0.1) is 13.8 Å². The van der Waals surface area contributed by atoms with Crippen molar-refractivity contribution in [1.29, 1.82) is 0 Å². The molecule has 0 unspecified atom stereocenters. The van der Waals surface area contributed by atoms with Gasteiger partial charge in [0.1, 0.15) is 5.84 Å². The van der Waals surface area contributed by atoms with E-state index in [1.54, 1.807) is 0 Å². The zero-order chi connectivity index (χ0) is 10.8. The first-order valence-corrected chi connectivity index (χ1v) is 5.34. The van der Waals surface area contributed by atoms with Crippen LogP contribution in [0.1, 0.15) is 24.0 Å². The Morgan fingerprint density at radius 2 is 2.07 bits per heavy atom. The Bertz CT molecular complexity index is 408. The number of nitrogens with one attached hydrogen (secondary N) is 1. The summed E-state index contributed by atoms with van der Waals surface area (Å²) in [6.07, 6.45) is 2.22. The third-order valence-corrected chi connectivity index (χ3v) is 2.77. The summed E-state index contributed by atoms with van der Waals surface area (Å²) in [4.78, 5) is 4.40. The van der Waals surface area contributed by atoms with Gasteiger partial charge < -0.3 is 11.1 Å². The summed E-state index contributed by atoms with van der Waals surface area (Å²) in [5, 5.41) is 3.37. The average Bonchev–Trinajstić information content (AvgIpc) is 2.67. The van der Waals surface area contributed by atoms with Crippen LogP contribution < -0.4 is 11.1 Å². The Morgan fingerprint density at radius 1 is 1.27 bits per heavy atom. The summed E-state index contributed by atoms with van der Waals surface area (Å²) >= 11 is 0. The maximum atomic E-state index is 5.84. The molecule has 0 saturated heterocycles. The zero-order valence-corrected chi connectivity index (χ0v) is 9.30. The fourth-order valence-corrected chi connectivity index (χ4v) is 1.77. The minimum Gasteiger partial charge on any atom is -0.399 e. The molecule has 0 radical (unpaired) electrons. The molecule has 1 aromatic carbocycles. The lowest BCUT2D eigenvalue weighted by Crippen LogP contribution is -2.10. The molecule has 1 aliphatic heterocycles. The van der Waals surface area contributed by atoms with Crippen molar-refractivity contribution in [2.75, 3.05) is 17.6 Å². The second-order valence-corrected chi connectivity index (χ2v) is 4.08. The Balaban J connectivity index is 2.24. The van der Waals surface area contributed by atoms with E-state index in [0.717, 1.165) is 42.2 Å². The molecule has 3 heteroatoms. The van der Waals surface area contributed by atoms with Crippen LogP contribution >= 0.6 is 0 Å². The molecule has 3 nitrogen and oxygen atoms in total. The van der Waals surface area contributed by atoms with E-state index in [0.29, 0.717) is 0 Å². The van der Waals surface area contributed by atoms with Crippen molar-refractivity contribution in [3.63, 3.8) is 0 Å². The van der Waals surface area contributed by atoms with E-state index in [9.17, 15) is 0 Å². The number of nitrogens with zero attached hydrogens (tertiary/aromatic N) is 1. The highest BCUT2D eigenvalue weighted by atomic mass is 15.0. The van der Waals surface area contributed by atoms with Crippen molar-refractivity contribution in [1.82, 2.24) is 0 Å². The predicted molar refractivity (Wildman–Crippen MR) is 65.5 cm³/mol. The first-order valence-electron chi connectivity index (χ1n) is 5.34. The SMILES string of the molecule is Cc1cc(NC2=NCCC2)c(C)cc1N. The van der Waals surface area contributed by atoms with E-state index in [1.165, 1.54) is 5.56 Å². The predicted octanol–water partition coefficient (Wildman–Crippen LogP) is 2.49. The van der Waals surface area contributed by atoms with Crippen LogP contribution in [0.3, 0.4) is 0 Å². The zero-order valence-electron chi connectivity index (χ0n) is 9.30. The van der Waals surface area contributed by atoms with Crippen LogP contribution in [-0.2, 0) is 0 Å². The van der Waals surface area contributed by atoms with Crippen molar-refractivity contribution >= 4 is 17.2 Å². The van der Waals surface area contributed by atoms with Gasteiger partial charge in [0.2, 0.25) is 0 Å². The number of amidine groups is 1. The molecule has 15 heavy (non-hydrogen) atoms. The average molecular weight is 203 g/mol. The highest BCUT2D eigenvalue weighted by Crippen LogP contribution is 2.23. The van der Waals surface area contributed by atoms with E-state index >= 15 is 0 Å². The fourth-order valence-electron chi connectivity index (χ4n) is 1.77. The van der Waals surface area contributed by atoms with Crippen molar-refractivity contribution in [3.05, 3.63) is 23.3 Å². The van der Waals surface area contributed by atoms with Gasteiger partial charge in [-0.1, -0.05) is 0 Å². The van der Waals surface area contributed by atoms with Gasteiger partial charge in [0.25, 0.3) is 0 Å². The lowest BCUT2D eigenvalue weighted by molar-refractivity contribution is 0.951. The second-order valence-electron chi connectivity index (χ2n) is 4.08. The first-order chi connectivity index (χ1) is 7.16. The maximum Gasteiger partial charge on any atom is 0.101 e. The van der Waals surface area contributed by atoms with Gasteiger partial charge in [0.05, 0.1) is 0 Å². The normalized spacial score (nSPS) is 15.2. The topological polar surface area (TPSA) is 50.4 Å². The Hall–Kier alpha value is -1.51. The Kier molecular flexibility index (Phi) is 2.62. The van der Waals surface area contributed by atoms with E-state index in [4.69, 9.17) is 5.73 Å². The van der Waals surface area contributed by atoms with Gasteiger partial charge in [-0.25, -0.2) is 0 Å². The molecule has 0 amide bonds. The molecular weight excluding hydrogens is 186 g/mol. The largest absolute Gasteiger partial charge is 0.399 e. The minimum atomic E-state index is 0.853. The lowest BCUT2D eigenvalue weighted by Gasteiger charge is -2.11. The van der Waals surface area contributed by atoms with Crippen LogP contribution in [0.4, 0.5) is 11.4 Å². The maximum absolute atomic E-state index is 5.84. The Morgan fingerprint density at radius 3 is 2.73 bits per heavy atom. The summed E-state index contributed by atoms with van der Waals surface area (Å²) in [5.41, 5.74) is 10.1. The van der Waals surface area contributed by atoms with Crippen LogP contribution in [0.15, 0.2) is 17.1 Å². The summed E-state index contributed by atoms with van der Waals surface area (Å²) in [6.45, 7) is 5.04. The molecular formula is C12H17N3. The van der Waals surface area contributed by atoms with Crippen molar-refractivity contribution in [3.8, 4) is 0 Å². The number of rotatable bonds is 1. The smallest absolute Gasteiger partial charge is 0.101 e. The van der Waals surface area contributed by atoms with Gasteiger partial charge in [-0.15, -0.1) is 0 Å². The molecule has 0 aromatic heterocycles. The summed E-state index contributed by atoms with van der Waals surface area (Å²) in [5.74, 6) is 1.10. The van der Waals surface area contributed by atoms with Gasteiger partial charge >= 0.3 is 0 Å². The molecule has 0 spiro atoms. The van der Waals surface area contributed by atoms with Gasteiger partial charge in [-0.2, -0.15) is 0 Å². The van der Waals surface area contributed by atoms with Gasteiger partial charge in [0.15, 0.2) is 0 Å². The van der Waals surface area contributed by atoms with E-state index in [2.05, 4.69) is 23.3 Å². The molecule has 2 rings (SSSR count). The molecule has 0 aliphatic carbocycles. The minimum absolute atomic E-state index is 0.853. The molecule has 80 valence electrons. The molecule has 3 N–H and O–H groups in total. The van der Waals surface area contributed by atoms with Crippen LogP contribution in [0.5, 0.6) is 0 Å². The molecule has 0 bridgehead atoms. The quantitative estimate of drug-likeness (QED) is 0.689. The second kappa shape index (κ2) is 3.93. The van der Waals surface area contributed by atoms with Gasteiger partial charge in [0, 0.05) is 24.3 Å². The highest BCUT2D eigenvalue weighted by Gasteiger charge is 2.08. The summed E-state index contributed by atoms with van der Waals surface area (Å²) < 4.78 is 0. The van der Waals surface area contributed by atoms with E-state index in [-0.39, 0.29) is 0 Å². The number of hydrogen-bond donors (Lipinski definition) is 2. The Labute approximate surface area is 90.4 Å². The van der Waals surface area contributed by atoms with Crippen molar-refractivity contribution in [2.45, 2.75) is 26.7 Å². The third-order valence-electron chi connectivity index (χ3n) is 2.77. The summed E-state index contributed by atoms with van der Waals surface area (Å²) in [7, 11) is 0. The van der Waals surface area contributed by atoms with Crippen molar-refractivity contribution < 1.29 is 0 Å². The standard InChI is InChI=1S/C12H17N3/c1-8-7-11(9(2)6-10(8)13)15-12-4-3-5-14-12/h6-7H,3-5,13H2,1-2H3,(H,14,15). The van der Waals surface area contributed by atoms with Crippen LogP contribution in [-0.4, -0.2) is 12.4 Å². The van der Waals surface area contributed by atoms with Gasteiger partial charge in [-0.05, 0) is 43.5 Å². The molecule has 0 fully saturated rings. The number of benzene rings is 1. The number of anilines is 2. The number of nitrogens with two attached hydrogens (primary N) is 1. The fraction of sp³-hybridized carbons (Fsp3) is 0.417. The number of hydrogen-bond acceptors (Lipinski definition) is 3. The molecule has 0 atom stereocenters. The molecule has 1 aromatic rings. The van der Waals surface area contributed by atoms with E-state index in [1.807, 2.05) is 13.0 Å². The molecule has 0 saturated carbocycles. The first kappa shape index (κ1) is 10.0. The molecule has 1 aliphatic rings. The molecule has 1 heterocycles. The highest BCUT2D eigenvalue weighted by molar-refractivity contribution is 5.97. The number of nitrogen functional groups attached to an aromatic ring is 1. The van der Waals surface area contributed by atoms with Crippen molar-refractivity contribution in [2.24, 2.45) is 4.99 Å². The van der Waals surface area contributed by atoms with E-state index < -0.39 is 0 Å². The third kappa shape index (κ3) is 2.12.